The Hall–Kier alpha value is -1.85. The molecule has 5 heteroatoms. The van der Waals surface area contributed by atoms with Gasteiger partial charge in [0.05, 0.1) is 11.4 Å². The van der Waals surface area contributed by atoms with Gasteiger partial charge in [-0.1, -0.05) is 52.3 Å². The Morgan fingerprint density at radius 1 is 1.09 bits per heavy atom. The van der Waals surface area contributed by atoms with Crippen molar-refractivity contribution in [3.05, 3.63) is 74.6 Å². The maximum Gasteiger partial charge on any atom is 0.293 e. The molecule has 2 amide bonds. The molecule has 3 nitrogen and oxygen atoms in total. The van der Waals surface area contributed by atoms with Gasteiger partial charge in [0.15, 0.2) is 0 Å². The lowest BCUT2D eigenvalue weighted by atomic mass is 10.1. The summed E-state index contributed by atoms with van der Waals surface area (Å²) < 4.78 is 0.974. The molecule has 3 rings (SSSR count). The predicted octanol–water partition coefficient (Wildman–Crippen LogP) is 4.99. The number of nitrogens with zero attached hydrogens (tertiary/aromatic N) is 1. The predicted molar refractivity (Wildman–Crippen MR) is 96.8 cm³/mol. The quantitative estimate of drug-likeness (QED) is 0.695. The minimum atomic E-state index is -0.230. The first-order valence-corrected chi connectivity index (χ1v) is 8.71. The third-order valence-electron chi connectivity index (χ3n) is 3.63. The number of amides is 2. The van der Waals surface area contributed by atoms with Gasteiger partial charge in [-0.25, -0.2) is 0 Å². The van der Waals surface area contributed by atoms with Crippen LogP contribution in [0.4, 0.5) is 4.79 Å². The smallest absolute Gasteiger partial charge is 0.268 e. The summed E-state index contributed by atoms with van der Waals surface area (Å²) in [5.74, 6) is -0.230. The Labute approximate surface area is 147 Å². The number of thioether (sulfide) groups is 1. The lowest BCUT2D eigenvalue weighted by molar-refractivity contribution is -0.123. The fraction of sp³-hybridized carbons (Fsp3) is 0.111. The maximum absolute atomic E-state index is 12.5. The summed E-state index contributed by atoms with van der Waals surface area (Å²) in [5, 5.41) is -0.221. The van der Waals surface area contributed by atoms with E-state index in [1.807, 2.05) is 55.5 Å². The summed E-state index contributed by atoms with van der Waals surface area (Å²) in [4.78, 5) is 26.5. The van der Waals surface area contributed by atoms with Crippen LogP contribution in [-0.4, -0.2) is 16.0 Å². The van der Waals surface area contributed by atoms with E-state index in [9.17, 15) is 9.59 Å². The van der Waals surface area contributed by atoms with Crippen LogP contribution in [0.2, 0.25) is 0 Å². The van der Waals surface area contributed by atoms with Crippen molar-refractivity contribution in [2.75, 3.05) is 0 Å². The summed E-state index contributed by atoms with van der Waals surface area (Å²) in [6.45, 7) is 2.29. The molecule has 0 aromatic heterocycles. The van der Waals surface area contributed by atoms with Gasteiger partial charge in [-0.05, 0) is 53.6 Å². The van der Waals surface area contributed by atoms with Gasteiger partial charge in [-0.15, -0.1) is 0 Å². The van der Waals surface area contributed by atoms with Crippen LogP contribution < -0.4 is 0 Å². The fourth-order valence-corrected chi connectivity index (χ4v) is 3.41. The number of hydrogen-bond acceptors (Lipinski definition) is 3. The summed E-state index contributed by atoms with van der Waals surface area (Å²) in [7, 11) is 0. The van der Waals surface area contributed by atoms with Gasteiger partial charge < -0.3 is 0 Å². The van der Waals surface area contributed by atoms with Crippen LogP contribution in [-0.2, 0) is 11.3 Å². The summed E-state index contributed by atoms with van der Waals surface area (Å²) in [6.07, 6.45) is 1.76. The molecule has 0 N–H and O–H groups in total. The zero-order chi connectivity index (χ0) is 16.4. The average molecular weight is 388 g/mol. The highest BCUT2D eigenvalue weighted by molar-refractivity contribution is 9.10. The minimum absolute atomic E-state index is 0.221. The molecule has 0 saturated carbocycles. The number of rotatable bonds is 3. The third-order valence-corrected chi connectivity index (χ3v) is 5.07. The van der Waals surface area contributed by atoms with E-state index in [1.54, 1.807) is 6.08 Å². The maximum atomic E-state index is 12.5. The molecule has 0 aliphatic carbocycles. The minimum Gasteiger partial charge on any atom is -0.268 e. The molecule has 2 aromatic carbocycles. The van der Waals surface area contributed by atoms with E-state index in [4.69, 9.17) is 0 Å². The van der Waals surface area contributed by atoms with Crippen molar-refractivity contribution in [2.24, 2.45) is 0 Å². The molecule has 0 bridgehead atoms. The van der Waals surface area contributed by atoms with E-state index >= 15 is 0 Å². The first-order chi connectivity index (χ1) is 11.0. The van der Waals surface area contributed by atoms with Gasteiger partial charge in [0.25, 0.3) is 11.1 Å². The number of hydrogen-bond donors (Lipinski definition) is 0. The Morgan fingerprint density at radius 3 is 2.48 bits per heavy atom. The molecule has 0 spiro atoms. The Balaban J connectivity index is 1.82. The molecule has 1 saturated heterocycles. The number of carbonyl (C=O) groups is 2. The van der Waals surface area contributed by atoms with E-state index in [0.29, 0.717) is 11.4 Å². The van der Waals surface area contributed by atoms with Crippen molar-refractivity contribution >= 4 is 44.9 Å². The van der Waals surface area contributed by atoms with Crippen LogP contribution in [0.25, 0.3) is 6.08 Å². The van der Waals surface area contributed by atoms with E-state index < -0.39 is 0 Å². The van der Waals surface area contributed by atoms with Crippen molar-refractivity contribution in [3.63, 3.8) is 0 Å². The van der Waals surface area contributed by atoms with E-state index in [-0.39, 0.29) is 11.1 Å². The van der Waals surface area contributed by atoms with Crippen molar-refractivity contribution in [1.29, 1.82) is 0 Å². The second-order valence-corrected chi connectivity index (χ2v) is 7.15. The van der Waals surface area contributed by atoms with Crippen LogP contribution in [0.15, 0.2) is 57.9 Å². The molecular formula is C18H14BrNO2S. The molecule has 1 aliphatic rings. The van der Waals surface area contributed by atoms with Crippen molar-refractivity contribution in [2.45, 2.75) is 13.5 Å². The zero-order valence-corrected chi connectivity index (χ0v) is 14.9. The first-order valence-electron chi connectivity index (χ1n) is 7.10. The summed E-state index contributed by atoms with van der Waals surface area (Å²) >= 11 is 4.37. The average Bonchev–Trinajstić information content (AvgIpc) is 2.79. The summed E-state index contributed by atoms with van der Waals surface area (Å²) in [6, 6.07) is 15.4. The molecular weight excluding hydrogens is 374 g/mol. The SMILES string of the molecule is Cc1ccccc1CN1C(=O)S/C(=C\c2ccc(Br)cc2)C1=O. The third kappa shape index (κ3) is 3.57. The van der Waals surface area contributed by atoms with Gasteiger partial charge in [0, 0.05) is 4.47 Å². The Bertz CT molecular complexity index is 799. The molecule has 23 heavy (non-hydrogen) atoms. The van der Waals surface area contributed by atoms with Crippen molar-refractivity contribution in [3.8, 4) is 0 Å². The van der Waals surface area contributed by atoms with E-state index in [0.717, 1.165) is 32.9 Å². The van der Waals surface area contributed by atoms with Crippen molar-refractivity contribution < 1.29 is 9.59 Å². The number of imide groups is 1. The molecule has 2 aromatic rings. The van der Waals surface area contributed by atoms with Crippen LogP contribution >= 0.6 is 27.7 Å². The number of halogens is 1. The lowest BCUT2D eigenvalue weighted by Crippen LogP contribution is -2.27. The largest absolute Gasteiger partial charge is 0.293 e. The zero-order valence-electron chi connectivity index (χ0n) is 12.5. The standard InChI is InChI=1S/C18H14BrNO2S/c1-12-4-2-3-5-14(12)11-20-17(21)16(23-18(20)22)10-13-6-8-15(19)9-7-13/h2-10H,11H2,1H3/b16-10-. The fourth-order valence-electron chi connectivity index (χ4n) is 2.30. The Kier molecular flexibility index (Phi) is 4.68. The topological polar surface area (TPSA) is 37.4 Å². The Morgan fingerprint density at radius 2 is 1.78 bits per heavy atom. The summed E-state index contributed by atoms with van der Waals surface area (Å²) in [5.41, 5.74) is 2.96. The molecule has 116 valence electrons. The highest BCUT2D eigenvalue weighted by Gasteiger charge is 2.35. The highest BCUT2D eigenvalue weighted by atomic mass is 79.9. The normalized spacial score (nSPS) is 16.4. The second-order valence-electron chi connectivity index (χ2n) is 5.25. The number of benzene rings is 2. The number of aryl methyl sites for hydroxylation is 1. The molecule has 1 heterocycles. The van der Waals surface area contributed by atoms with Crippen LogP contribution in [0.3, 0.4) is 0 Å². The van der Waals surface area contributed by atoms with Crippen LogP contribution in [0.1, 0.15) is 16.7 Å². The van der Waals surface area contributed by atoms with Crippen LogP contribution in [0, 0.1) is 6.92 Å². The van der Waals surface area contributed by atoms with Crippen LogP contribution in [0.5, 0.6) is 0 Å². The monoisotopic (exact) mass is 387 g/mol. The van der Waals surface area contributed by atoms with Gasteiger partial charge in [0.1, 0.15) is 0 Å². The molecule has 0 atom stereocenters. The first kappa shape index (κ1) is 16.0. The van der Waals surface area contributed by atoms with Gasteiger partial charge in [-0.3, -0.25) is 14.5 Å². The molecule has 0 radical (unpaired) electrons. The van der Waals surface area contributed by atoms with Gasteiger partial charge in [0.2, 0.25) is 0 Å². The van der Waals surface area contributed by atoms with Crippen molar-refractivity contribution in [1.82, 2.24) is 4.90 Å². The van der Waals surface area contributed by atoms with Gasteiger partial charge in [-0.2, -0.15) is 0 Å². The molecule has 1 aliphatic heterocycles. The van der Waals surface area contributed by atoms with E-state index in [2.05, 4.69) is 15.9 Å². The highest BCUT2D eigenvalue weighted by Crippen LogP contribution is 2.33. The molecule has 0 unspecified atom stereocenters. The second kappa shape index (κ2) is 6.72. The number of carbonyl (C=O) groups excluding carboxylic acids is 2. The molecule has 1 fully saturated rings. The van der Waals surface area contributed by atoms with E-state index in [1.165, 1.54) is 4.90 Å². The van der Waals surface area contributed by atoms with Gasteiger partial charge >= 0.3 is 0 Å². The lowest BCUT2D eigenvalue weighted by Gasteiger charge is -2.14.